The molecule has 0 bridgehead atoms. The topological polar surface area (TPSA) is 336 Å². The Morgan fingerprint density at radius 3 is 1.31 bits per heavy atom. The van der Waals surface area contributed by atoms with Crippen LogP contribution in [0.1, 0.15) is 248 Å². The minimum atomic E-state index is -0.475. The average molecular weight is 1610 g/mol. The summed E-state index contributed by atoms with van der Waals surface area (Å²) in [4.78, 5) is 127. The first-order valence-corrected chi connectivity index (χ1v) is 42.7. The number of nitrogens with two attached hydrogens (primary N) is 3. The molecule has 3 aromatic heterocycles. The summed E-state index contributed by atoms with van der Waals surface area (Å²) in [5.41, 5.74) is 29.6. The van der Waals surface area contributed by atoms with Crippen LogP contribution >= 0.6 is 0 Å². The van der Waals surface area contributed by atoms with Gasteiger partial charge in [0.05, 0.1) is 31.3 Å². The highest BCUT2D eigenvalue weighted by Gasteiger charge is 2.40. The fourth-order valence-electron chi connectivity index (χ4n) is 16.7. The molecule has 1 aliphatic carbocycles. The Labute approximate surface area is 694 Å². The van der Waals surface area contributed by atoms with E-state index in [1.54, 1.807) is 51.2 Å². The lowest BCUT2D eigenvalue weighted by molar-refractivity contribution is -0.614. The standard InChI is InChI=1S/C33H45N3O5.C33H47N3O5.C27H35N3O4.CH4/c1-24-12-13-27(23-34)26(22-24)15-18-31(37)30-11-7-20-35(30)33(39)25(14-17-28-8-5-6-21-36(28)40)16-19-32(38)41-29-9-3-2-4-10-29;1-3-4-5-8-22-41-32(38)19-16-26(14-17-29-10-6-7-21-36(29)40)33(39)35-20-9-11-30(35)31(37)18-15-27-23-25(2)12-13-28(27)24-34;1-20-7-8-23(18-28)22(17-20)10-12-26(32)25-6-4-15-30(25)27(33)21(13-16-34-19-31)9-11-24-5-2-3-14-29-24;/h5-6,8,12-13,21-22,25,29-30H,2-4,7,9-11,14-20,23,34H2,1H3;6-7,10,12-13,21,23,26,30H,3-5,8-9,11,14-20,22,24,34H2,1-2H3;2-3,5,7-8,14,17,19,21,25H,4,6,9-13,15-16,18,28H2,1H3;1H4/t25-,30-;26-,30-;21-,25-;/m000./s1. The van der Waals surface area contributed by atoms with Crippen molar-refractivity contribution in [2.45, 2.75) is 284 Å². The zero-order chi connectivity index (χ0) is 83.1. The fraction of sp³-hybridized carbons (Fsp3) is 0.553. The molecule has 6 N–H and O–H groups in total. The number of esters is 2. The van der Waals surface area contributed by atoms with Crippen LogP contribution in [0.4, 0.5) is 0 Å². The summed E-state index contributed by atoms with van der Waals surface area (Å²) in [6, 6.07) is 33.3. The third-order valence-electron chi connectivity index (χ3n) is 23.4. The first-order valence-electron chi connectivity index (χ1n) is 42.7. The van der Waals surface area contributed by atoms with Gasteiger partial charge in [-0.15, -0.1) is 0 Å². The normalized spacial score (nSPS) is 16.6. The SMILES string of the molecule is C.CCCCCCOC(=O)CC[C@H](CCc1cccc[n+]1[O-])C(=O)N1CCC[C@H]1C(=O)CCc1cc(C)ccc1CN.Cc1ccc(CN)c(CCC(=O)[C@@H]2CCCN2C(=O)[C@H](CCC(=O)OC2CCCCC2)CCc2cccc[n+]2[O-])c1.Cc1ccc(CN)c(CCC(=O)[C@@H]2CCCN2C(=O)[C@H](CCOC=O)CCc2ccccn2)c1. The molecule has 0 spiro atoms. The highest BCUT2D eigenvalue weighted by atomic mass is 16.5. The van der Waals surface area contributed by atoms with Gasteiger partial charge in [0, 0.05) is 138 Å². The lowest BCUT2D eigenvalue weighted by Gasteiger charge is -2.28. The highest BCUT2D eigenvalue weighted by molar-refractivity contribution is 5.92. The van der Waals surface area contributed by atoms with E-state index in [1.165, 1.54) is 18.8 Å². The quantitative estimate of drug-likeness (QED) is 0.00799. The minimum absolute atomic E-state index is 0. The van der Waals surface area contributed by atoms with Gasteiger partial charge in [0.25, 0.3) is 6.47 Å². The minimum Gasteiger partial charge on any atom is -0.619 e. The smallest absolute Gasteiger partial charge is 0.306 e. The number of ketones is 3. The van der Waals surface area contributed by atoms with Gasteiger partial charge in [0.15, 0.2) is 41.1 Å². The van der Waals surface area contributed by atoms with Gasteiger partial charge in [0.1, 0.15) is 6.10 Å². The molecule has 0 radical (unpaired) electrons. The van der Waals surface area contributed by atoms with Crippen LogP contribution in [0.3, 0.4) is 0 Å². The Morgan fingerprint density at radius 1 is 0.470 bits per heavy atom. The molecule has 4 fully saturated rings. The van der Waals surface area contributed by atoms with Crippen LogP contribution in [0.2, 0.25) is 0 Å². The molecule has 117 heavy (non-hydrogen) atoms. The van der Waals surface area contributed by atoms with Crippen molar-refractivity contribution >= 4 is 53.5 Å². The molecule has 6 atom stereocenters. The van der Waals surface area contributed by atoms with Crippen molar-refractivity contribution in [1.82, 2.24) is 19.7 Å². The molecule has 23 heteroatoms. The second-order valence-electron chi connectivity index (χ2n) is 31.8. The number of unbranched alkanes of at least 4 members (excludes halogenated alkanes) is 3. The van der Waals surface area contributed by atoms with E-state index < -0.39 is 23.9 Å². The summed E-state index contributed by atoms with van der Waals surface area (Å²) >= 11 is 0. The number of aryl methyl sites for hydroxylation is 9. The largest absolute Gasteiger partial charge is 0.619 e. The number of aromatic nitrogens is 3. The second kappa shape index (κ2) is 50.9. The molecular formula is C94H131N9O14. The van der Waals surface area contributed by atoms with Crippen molar-refractivity contribution in [2.75, 3.05) is 32.8 Å². The van der Waals surface area contributed by atoms with Gasteiger partial charge in [-0.3, -0.25) is 48.1 Å². The molecule has 3 aromatic carbocycles. The molecule has 3 aliphatic heterocycles. The van der Waals surface area contributed by atoms with E-state index in [-0.39, 0.29) is 91.9 Å². The third-order valence-corrected chi connectivity index (χ3v) is 23.4. The van der Waals surface area contributed by atoms with Crippen LogP contribution in [0.15, 0.2) is 128 Å². The summed E-state index contributed by atoms with van der Waals surface area (Å²) in [7, 11) is 0. The van der Waals surface area contributed by atoms with Gasteiger partial charge in [-0.1, -0.05) is 130 Å². The lowest BCUT2D eigenvalue weighted by atomic mass is 9.93. The number of benzene rings is 3. The van der Waals surface area contributed by atoms with E-state index in [0.717, 1.165) is 136 Å². The van der Waals surface area contributed by atoms with Gasteiger partial charge < -0.3 is 56.5 Å². The van der Waals surface area contributed by atoms with Gasteiger partial charge >= 0.3 is 11.9 Å². The monoisotopic (exact) mass is 1610 g/mol. The number of hydrogen-bond acceptors (Lipinski definition) is 18. The molecule has 0 unspecified atom stereocenters. The van der Waals surface area contributed by atoms with Crippen molar-refractivity contribution in [1.29, 1.82) is 0 Å². The van der Waals surface area contributed by atoms with E-state index in [4.69, 9.17) is 31.4 Å². The zero-order valence-electron chi connectivity index (χ0n) is 69.2. The zero-order valence-corrected chi connectivity index (χ0v) is 69.2. The van der Waals surface area contributed by atoms with Gasteiger partial charge in [0.2, 0.25) is 17.7 Å². The summed E-state index contributed by atoms with van der Waals surface area (Å²) < 4.78 is 17.6. The maximum Gasteiger partial charge on any atom is 0.306 e. The van der Waals surface area contributed by atoms with Crippen LogP contribution in [0.25, 0.3) is 0 Å². The number of hydrogen-bond donors (Lipinski definition) is 3. The first kappa shape index (κ1) is 94.6. The Kier molecular flexibility index (Phi) is 41.1. The van der Waals surface area contributed by atoms with E-state index in [1.807, 2.05) is 81.4 Å². The number of carbonyl (C=O) groups is 9. The number of Topliss-reactive ketones (excluding diaryl/α,β-unsaturated/α-hetero) is 3. The number of pyridine rings is 3. The van der Waals surface area contributed by atoms with Crippen LogP contribution in [-0.2, 0) is 116 Å². The summed E-state index contributed by atoms with van der Waals surface area (Å²) in [6.45, 7) is 12.1. The average Bonchev–Trinajstić information content (AvgIpc) is 1.74. The van der Waals surface area contributed by atoms with Crippen LogP contribution in [0.5, 0.6) is 0 Å². The molecular weight excluding hydrogens is 1480 g/mol. The first-order chi connectivity index (χ1) is 56.2. The molecule has 4 aliphatic rings. The number of amides is 3. The Hall–Kier alpha value is -9.58. The number of carbonyl (C=O) groups excluding carboxylic acids is 9. The molecule has 3 amide bonds. The summed E-state index contributed by atoms with van der Waals surface area (Å²) in [5.74, 6) is -1.85. The molecule has 1 saturated carbocycles. The molecule has 6 heterocycles. The summed E-state index contributed by atoms with van der Waals surface area (Å²) in [6.07, 6.45) is 25.4. The predicted octanol–water partition coefficient (Wildman–Crippen LogP) is 13.0. The van der Waals surface area contributed by atoms with Crippen molar-refractivity contribution in [3.8, 4) is 0 Å². The number of rotatable bonds is 43. The molecule has 10 rings (SSSR count). The van der Waals surface area contributed by atoms with Crippen LogP contribution < -0.4 is 26.7 Å². The van der Waals surface area contributed by atoms with E-state index >= 15 is 0 Å². The fourth-order valence-corrected chi connectivity index (χ4v) is 16.7. The van der Waals surface area contributed by atoms with Crippen molar-refractivity contribution in [3.05, 3.63) is 205 Å². The van der Waals surface area contributed by atoms with E-state index in [2.05, 4.69) is 30.1 Å². The van der Waals surface area contributed by atoms with Crippen molar-refractivity contribution in [2.24, 2.45) is 35.0 Å². The van der Waals surface area contributed by atoms with Crippen LogP contribution in [0, 0.1) is 48.9 Å². The molecule has 6 aromatic rings. The maximum absolute atomic E-state index is 13.9. The number of ether oxygens (including phenoxy) is 3. The van der Waals surface area contributed by atoms with E-state index in [9.17, 15) is 53.6 Å². The Bertz CT molecular complexity index is 4130. The van der Waals surface area contributed by atoms with E-state index in [0.29, 0.717) is 179 Å². The second-order valence-corrected chi connectivity index (χ2v) is 31.8. The van der Waals surface area contributed by atoms with Gasteiger partial charge in [-0.05, 0) is 201 Å². The lowest BCUT2D eigenvalue weighted by Crippen LogP contribution is -2.44. The highest BCUT2D eigenvalue weighted by Crippen LogP contribution is 2.32. The Balaban J connectivity index is 0.000000243. The third kappa shape index (κ3) is 30.4. The molecule has 23 nitrogen and oxygen atoms in total. The van der Waals surface area contributed by atoms with Gasteiger partial charge in [-0.25, -0.2) is 0 Å². The predicted molar refractivity (Wildman–Crippen MR) is 452 cm³/mol. The molecule has 636 valence electrons. The van der Waals surface area contributed by atoms with Gasteiger partial charge in [-0.2, -0.15) is 9.46 Å². The van der Waals surface area contributed by atoms with Crippen molar-refractivity contribution < 1.29 is 66.8 Å². The number of likely N-dealkylation sites (tertiary alicyclic amines) is 3. The molecule has 3 saturated heterocycles. The Morgan fingerprint density at radius 2 is 0.897 bits per heavy atom. The summed E-state index contributed by atoms with van der Waals surface area (Å²) in [5, 5.41) is 24.4. The number of nitrogens with zero attached hydrogens (tertiary/aromatic N) is 6. The maximum atomic E-state index is 13.9. The van der Waals surface area contributed by atoms with Crippen molar-refractivity contribution in [3.63, 3.8) is 0 Å². The van der Waals surface area contributed by atoms with Crippen LogP contribution in [-0.4, -0.2) is 130 Å².